The number of amides is 1. The van der Waals surface area contributed by atoms with Gasteiger partial charge in [-0.3, -0.25) is 4.79 Å². The Morgan fingerprint density at radius 2 is 1.80 bits per heavy atom. The summed E-state index contributed by atoms with van der Waals surface area (Å²) in [5.74, 6) is 1.11. The standard InChI is InChI=1S/C20H25N3O2/c1-4-25-19-11-9-18(10-12-19)21-14-20(24)23-22-13-16-5-7-17(8-6-16)15(2)3/h5-13,15,21H,4,14H2,1-3H3,(H,23,24)/b22-13-. The van der Waals surface area contributed by atoms with Crippen molar-refractivity contribution in [3.8, 4) is 5.75 Å². The minimum atomic E-state index is -0.205. The highest BCUT2D eigenvalue weighted by atomic mass is 16.5. The van der Waals surface area contributed by atoms with Crippen molar-refractivity contribution in [2.45, 2.75) is 26.7 Å². The van der Waals surface area contributed by atoms with Crippen molar-refractivity contribution < 1.29 is 9.53 Å². The topological polar surface area (TPSA) is 62.7 Å². The Morgan fingerprint density at radius 1 is 1.12 bits per heavy atom. The van der Waals surface area contributed by atoms with Crippen LogP contribution in [0, 0.1) is 0 Å². The van der Waals surface area contributed by atoms with Crippen LogP contribution in [0.2, 0.25) is 0 Å². The molecule has 1 amide bonds. The third kappa shape index (κ3) is 6.30. The highest BCUT2D eigenvalue weighted by molar-refractivity contribution is 5.84. The minimum absolute atomic E-state index is 0.150. The van der Waals surface area contributed by atoms with Gasteiger partial charge >= 0.3 is 0 Å². The second-order valence-electron chi connectivity index (χ2n) is 5.93. The molecular weight excluding hydrogens is 314 g/mol. The lowest BCUT2D eigenvalue weighted by molar-refractivity contribution is -0.119. The van der Waals surface area contributed by atoms with E-state index in [0.717, 1.165) is 17.0 Å². The second-order valence-corrected chi connectivity index (χ2v) is 5.93. The number of carbonyl (C=O) groups is 1. The van der Waals surface area contributed by atoms with Crippen LogP contribution in [0.5, 0.6) is 5.75 Å². The van der Waals surface area contributed by atoms with Crippen molar-refractivity contribution in [1.29, 1.82) is 0 Å². The van der Waals surface area contributed by atoms with E-state index in [2.05, 4.69) is 41.8 Å². The smallest absolute Gasteiger partial charge is 0.259 e. The number of nitrogens with zero attached hydrogens (tertiary/aromatic N) is 1. The second kappa shape index (κ2) is 9.47. The molecule has 5 nitrogen and oxygen atoms in total. The summed E-state index contributed by atoms with van der Waals surface area (Å²) in [5.41, 5.74) is 5.59. The molecule has 132 valence electrons. The molecule has 0 unspecified atom stereocenters. The van der Waals surface area contributed by atoms with Crippen LogP contribution in [0.4, 0.5) is 5.69 Å². The van der Waals surface area contributed by atoms with Crippen molar-refractivity contribution in [3.05, 3.63) is 59.7 Å². The molecule has 2 aromatic carbocycles. The first-order valence-electron chi connectivity index (χ1n) is 8.47. The molecule has 0 spiro atoms. The fourth-order valence-electron chi connectivity index (χ4n) is 2.20. The molecular formula is C20H25N3O2. The number of carbonyl (C=O) groups excluding carboxylic acids is 1. The van der Waals surface area contributed by atoms with E-state index in [1.54, 1.807) is 6.21 Å². The Balaban J connectivity index is 1.76. The van der Waals surface area contributed by atoms with E-state index >= 15 is 0 Å². The molecule has 0 saturated carbocycles. The SMILES string of the molecule is CCOc1ccc(NCC(=O)N/N=C\c2ccc(C(C)C)cc2)cc1. The first kappa shape index (κ1) is 18.5. The van der Waals surface area contributed by atoms with Crippen LogP contribution in [0.1, 0.15) is 37.8 Å². The van der Waals surface area contributed by atoms with Crippen LogP contribution in [-0.2, 0) is 4.79 Å². The van der Waals surface area contributed by atoms with Crippen LogP contribution >= 0.6 is 0 Å². The normalized spacial score (nSPS) is 10.9. The van der Waals surface area contributed by atoms with Crippen LogP contribution in [0.25, 0.3) is 0 Å². The third-order valence-electron chi connectivity index (χ3n) is 3.62. The summed E-state index contributed by atoms with van der Waals surface area (Å²) < 4.78 is 5.38. The number of benzene rings is 2. The lowest BCUT2D eigenvalue weighted by Crippen LogP contribution is -2.25. The van der Waals surface area contributed by atoms with Gasteiger partial charge in [0.05, 0.1) is 19.4 Å². The molecule has 0 aliphatic rings. The maximum absolute atomic E-state index is 11.8. The zero-order valence-electron chi connectivity index (χ0n) is 15.0. The molecule has 0 fully saturated rings. The third-order valence-corrected chi connectivity index (χ3v) is 3.62. The highest BCUT2D eigenvalue weighted by Gasteiger charge is 2.01. The summed E-state index contributed by atoms with van der Waals surface area (Å²) in [6.45, 7) is 7.03. The van der Waals surface area contributed by atoms with Gasteiger partial charge in [0.25, 0.3) is 5.91 Å². The number of ether oxygens (including phenoxy) is 1. The van der Waals surface area contributed by atoms with Crippen molar-refractivity contribution in [2.75, 3.05) is 18.5 Å². The van der Waals surface area contributed by atoms with E-state index in [9.17, 15) is 4.79 Å². The lowest BCUT2D eigenvalue weighted by atomic mass is 10.0. The van der Waals surface area contributed by atoms with Crippen LogP contribution in [0.15, 0.2) is 53.6 Å². The van der Waals surface area contributed by atoms with Crippen molar-refractivity contribution in [1.82, 2.24) is 5.43 Å². The summed E-state index contributed by atoms with van der Waals surface area (Å²) in [6, 6.07) is 15.6. The molecule has 0 saturated heterocycles. The largest absolute Gasteiger partial charge is 0.494 e. The van der Waals surface area contributed by atoms with Crippen molar-refractivity contribution in [2.24, 2.45) is 5.10 Å². The zero-order chi connectivity index (χ0) is 18.1. The van der Waals surface area contributed by atoms with E-state index in [0.29, 0.717) is 12.5 Å². The summed E-state index contributed by atoms with van der Waals surface area (Å²) in [4.78, 5) is 11.8. The molecule has 25 heavy (non-hydrogen) atoms. The Hall–Kier alpha value is -2.82. The maximum atomic E-state index is 11.8. The van der Waals surface area contributed by atoms with Crippen LogP contribution in [-0.4, -0.2) is 25.3 Å². The highest BCUT2D eigenvalue weighted by Crippen LogP contribution is 2.15. The molecule has 5 heteroatoms. The summed E-state index contributed by atoms with van der Waals surface area (Å²) in [5, 5.41) is 7.02. The fourth-order valence-corrected chi connectivity index (χ4v) is 2.20. The van der Waals surface area contributed by atoms with Gasteiger partial charge in [-0.1, -0.05) is 38.1 Å². The van der Waals surface area contributed by atoms with Gasteiger partial charge in [-0.2, -0.15) is 5.10 Å². The Bertz CT molecular complexity index is 692. The summed E-state index contributed by atoms with van der Waals surface area (Å²) >= 11 is 0. The van der Waals surface area contributed by atoms with Gasteiger partial charge in [-0.05, 0) is 48.2 Å². The molecule has 0 heterocycles. The number of hydrogen-bond acceptors (Lipinski definition) is 4. The van der Waals surface area contributed by atoms with Gasteiger partial charge in [0.1, 0.15) is 5.75 Å². The Labute approximate surface area is 149 Å². The van der Waals surface area contributed by atoms with Gasteiger partial charge in [-0.25, -0.2) is 5.43 Å². The van der Waals surface area contributed by atoms with Crippen LogP contribution in [0.3, 0.4) is 0 Å². The predicted octanol–water partition coefficient (Wildman–Crippen LogP) is 3.77. The van der Waals surface area contributed by atoms with Gasteiger partial charge < -0.3 is 10.1 Å². The molecule has 0 aromatic heterocycles. The van der Waals surface area contributed by atoms with E-state index < -0.39 is 0 Å². The monoisotopic (exact) mass is 339 g/mol. The Kier molecular flexibility index (Phi) is 7.01. The zero-order valence-corrected chi connectivity index (χ0v) is 15.0. The van der Waals surface area contributed by atoms with Crippen LogP contribution < -0.4 is 15.5 Å². The maximum Gasteiger partial charge on any atom is 0.259 e. The predicted molar refractivity (Wildman–Crippen MR) is 102 cm³/mol. The molecule has 0 aliphatic heterocycles. The molecule has 2 N–H and O–H groups in total. The van der Waals surface area contributed by atoms with Gasteiger partial charge in [-0.15, -0.1) is 0 Å². The van der Waals surface area contributed by atoms with Gasteiger partial charge in [0.2, 0.25) is 0 Å². The number of rotatable bonds is 8. The quantitative estimate of drug-likeness (QED) is 0.568. The molecule has 2 rings (SSSR count). The fraction of sp³-hybridized carbons (Fsp3) is 0.300. The number of hydrazone groups is 1. The van der Waals surface area contributed by atoms with E-state index in [1.165, 1.54) is 5.56 Å². The summed E-state index contributed by atoms with van der Waals surface area (Å²) in [7, 11) is 0. The molecule has 0 atom stereocenters. The Morgan fingerprint density at radius 3 is 2.40 bits per heavy atom. The first-order valence-corrected chi connectivity index (χ1v) is 8.47. The first-order chi connectivity index (χ1) is 12.1. The molecule has 0 radical (unpaired) electrons. The average molecular weight is 339 g/mol. The molecule has 0 bridgehead atoms. The van der Waals surface area contributed by atoms with E-state index in [4.69, 9.17) is 4.74 Å². The summed E-state index contributed by atoms with van der Waals surface area (Å²) in [6.07, 6.45) is 1.64. The number of anilines is 1. The lowest BCUT2D eigenvalue weighted by Gasteiger charge is -2.07. The van der Waals surface area contributed by atoms with Gasteiger partial charge in [0.15, 0.2) is 0 Å². The van der Waals surface area contributed by atoms with E-state index in [-0.39, 0.29) is 12.5 Å². The van der Waals surface area contributed by atoms with Crippen molar-refractivity contribution in [3.63, 3.8) is 0 Å². The number of nitrogens with one attached hydrogen (secondary N) is 2. The van der Waals surface area contributed by atoms with E-state index in [1.807, 2.05) is 43.3 Å². The molecule has 2 aromatic rings. The van der Waals surface area contributed by atoms with Gasteiger partial charge in [0, 0.05) is 5.69 Å². The van der Waals surface area contributed by atoms with Crippen molar-refractivity contribution >= 4 is 17.8 Å². The molecule has 0 aliphatic carbocycles. The minimum Gasteiger partial charge on any atom is -0.494 e. The average Bonchev–Trinajstić information content (AvgIpc) is 2.62. The number of hydrogen-bond donors (Lipinski definition) is 2.